The van der Waals surface area contributed by atoms with Crippen LogP contribution in [0.1, 0.15) is 10.4 Å². The number of pyridine rings is 1. The van der Waals surface area contributed by atoms with Crippen LogP contribution in [0.2, 0.25) is 5.02 Å². The van der Waals surface area contributed by atoms with Gasteiger partial charge in [-0.3, -0.25) is 0 Å². The fourth-order valence-corrected chi connectivity index (χ4v) is 2.92. The zero-order chi connectivity index (χ0) is 14.0. The van der Waals surface area contributed by atoms with Crippen molar-refractivity contribution >= 4 is 45.3 Å². The molecule has 98 valence electrons. The minimum atomic E-state index is -1.08. The molecule has 0 bridgehead atoms. The second kappa shape index (κ2) is 5.90. The van der Waals surface area contributed by atoms with Crippen LogP contribution in [0.5, 0.6) is 0 Å². The lowest BCUT2D eigenvalue weighted by atomic mass is 10.2. The maximum absolute atomic E-state index is 13.6. The lowest BCUT2D eigenvalue weighted by molar-refractivity contribution is 0.0693. The standard InChI is InChI=1S/C12H6BrClFNO2S/c13-6-1-2-8(12(17)18)10(3-6)19-11-9(15)4-7(14)5-16-11/h1-5H,(H,17,18). The molecule has 0 radical (unpaired) electrons. The molecule has 0 fully saturated rings. The highest BCUT2D eigenvalue weighted by molar-refractivity contribution is 9.10. The minimum Gasteiger partial charge on any atom is -0.478 e. The Morgan fingerprint density at radius 2 is 2.16 bits per heavy atom. The number of rotatable bonds is 3. The zero-order valence-corrected chi connectivity index (χ0v) is 12.4. The molecule has 1 heterocycles. The average Bonchev–Trinajstić information content (AvgIpc) is 2.32. The van der Waals surface area contributed by atoms with Crippen LogP contribution in [0.15, 0.2) is 44.9 Å². The van der Waals surface area contributed by atoms with E-state index in [9.17, 15) is 9.18 Å². The SMILES string of the molecule is O=C(O)c1ccc(Br)cc1Sc1ncc(Cl)cc1F. The fourth-order valence-electron chi connectivity index (χ4n) is 1.34. The van der Waals surface area contributed by atoms with Crippen LogP contribution in [0.25, 0.3) is 0 Å². The molecule has 0 saturated carbocycles. The molecule has 0 amide bonds. The molecule has 0 aliphatic heterocycles. The Morgan fingerprint density at radius 1 is 1.42 bits per heavy atom. The summed E-state index contributed by atoms with van der Waals surface area (Å²) in [4.78, 5) is 15.3. The quantitative estimate of drug-likeness (QED) is 0.874. The van der Waals surface area contributed by atoms with Crippen LogP contribution in [-0.4, -0.2) is 16.1 Å². The van der Waals surface area contributed by atoms with Gasteiger partial charge in [-0.05, 0) is 24.3 Å². The van der Waals surface area contributed by atoms with Gasteiger partial charge in [-0.15, -0.1) is 0 Å². The largest absolute Gasteiger partial charge is 0.478 e. The van der Waals surface area contributed by atoms with Gasteiger partial charge in [0.2, 0.25) is 0 Å². The molecule has 1 aromatic carbocycles. The van der Waals surface area contributed by atoms with E-state index in [1.165, 1.54) is 12.3 Å². The Morgan fingerprint density at radius 3 is 2.79 bits per heavy atom. The van der Waals surface area contributed by atoms with Crippen molar-refractivity contribution in [3.63, 3.8) is 0 Å². The van der Waals surface area contributed by atoms with E-state index in [1.807, 2.05) is 0 Å². The topological polar surface area (TPSA) is 50.2 Å². The van der Waals surface area contributed by atoms with Gasteiger partial charge in [0.25, 0.3) is 0 Å². The lowest BCUT2D eigenvalue weighted by Gasteiger charge is -2.06. The zero-order valence-electron chi connectivity index (χ0n) is 9.23. The summed E-state index contributed by atoms with van der Waals surface area (Å²) in [6.45, 7) is 0. The summed E-state index contributed by atoms with van der Waals surface area (Å²) in [5.41, 5.74) is 0.0874. The first-order valence-electron chi connectivity index (χ1n) is 4.99. The van der Waals surface area contributed by atoms with Gasteiger partial charge in [-0.25, -0.2) is 14.2 Å². The van der Waals surface area contributed by atoms with Crippen molar-refractivity contribution in [1.29, 1.82) is 0 Å². The summed E-state index contributed by atoms with van der Waals surface area (Å²) in [6.07, 6.45) is 1.31. The number of hydrogen-bond donors (Lipinski definition) is 1. The number of carbonyl (C=O) groups is 1. The lowest BCUT2D eigenvalue weighted by Crippen LogP contribution is -1.99. The van der Waals surface area contributed by atoms with E-state index in [4.69, 9.17) is 16.7 Å². The van der Waals surface area contributed by atoms with Crippen LogP contribution in [0, 0.1) is 5.82 Å². The number of nitrogens with zero attached hydrogens (tertiary/aromatic N) is 1. The van der Waals surface area contributed by atoms with Gasteiger partial charge < -0.3 is 5.11 Å². The van der Waals surface area contributed by atoms with Crippen molar-refractivity contribution in [1.82, 2.24) is 4.98 Å². The summed E-state index contributed by atoms with van der Waals surface area (Å²) in [6, 6.07) is 5.79. The van der Waals surface area contributed by atoms with Gasteiger partial charge in [0.05, 0.1) is 10.6 Å². The Bertz CT molecular complexity index is 654. The van der Waals surface area contributed by atoms with Crippen molar-refractivity contribution in [3.8, 4) is 0 Å². The molecule has 0 aliphatic carbocycles. The molecule has 0 spiro atoms. The number of halogens is 3. The van der Waals surface area contributed by atoms with Crippen molar-refractivity contribution < 1.29 is 14.3 Å². The molecule has 0 atom stereocenters. The number of hydrogen-bond acceptors (Lipinski definition) is 3. The van der Waals surface area contributed by atoms with E-state index in [0.29, 0.717) is 9.37 Å². The third-order valence-electron chi connectivity index (χ3n) is 2.15. The predicted octanol–water partition coefficient (Wildman–Crippen LogP) is 4.49. The van der Waals surface area contributed by atoms with E-state index in [0.717, 1.165) is 17.8 Å². The van der Waals surface area contributed by atoms with Gasteiger partial charge in [0.15, 0.2) is 5.82 Å². The Balaban J connectivity index is 2.42. The summed E-state index contributed by atoms with van der Waals surface area (Å²) in [5.74, 6) is -1.67. The first-order valence-corrected chi connectivity index (χ1v) is 6.98. The molecule has 2 rings (SSSR count). The third-order valence-corrected chi connectivity index (χ3v) is 3.91. The molecule has 0 unspecified atom stereocenters. The highest BCUT2D eigenvalue weighted by Crippen LogP contribution is 2.33. The van der Waals surface area contributed by atoms with Crippen LogP contribution in [0.3, 0.4) is 0 Å². The molecule has 19 heavy (non-hydrogen) atoms. The fraction of sp³-hybridized carbons (Fsp3) is 0. The van der Waals surface area contributed by atoms with E-state index >= 15 is 0 Å². The number of carboxylic acids is 1. The second-order valence-corrected chi connectivity index (χ2v) is 5.87. The summed E-state index contributed by atoms with van der Waals surface area (Å²) in [5, 5.41) is 9.35. The van der Waals surface area contributed by atoms with Gasteiger partial charge >= 0.3 is 5.97 Å². The average molecular weight is 363 g/mol. The summed E-state index contributed by atoms with van der Waals surface area (Å²) >= 11 is 9.80. The Kier molecular flexibility index (Phi) is 4.44. The monoisotopic (exact) mass is 361 g/mol. The molecular formula is C12H6BrClFNO2S. The first-order chi connectivity index (χ1) is 8.97. The van der Waals surface area contributed by atoms with Gasteiger partial charge in [0, 0.05) is 15.6 Å². The van der Waals surface area contributed by atoms with Crippen molar-refractivity contribution in [2.75, 3.05) is 0 Å². The first kappa shape index (κ1) is 14.3. The van der Waals surface area contributed by atoms with Gasteiger partial charge in [-0.1, -0.05) is 39.3 Å². The maximum Gasteiger partial charge on any atom is 0.336 e. The smallest absolute Gasteiger partial charge is 0.336 e. The molecular weight excluding hydrogens is 357 g/mol. The van der Waals surface area contributed by atoms with Gasteiger partial charge in [0.1, 0.15) is 5.03 Å². The molecule has 3 nitrogen and oxygen atoms in total. The number of benzene rings is 1. The Hall–Kier alpha value is -1.11. The summed E-state index contributed by atoms with van der Waals surface area (Å²) in [7, 11) is 0. The number of aromatic nitrogens is 1. The Labute approximate surface area is 125 Å². The maximum atomic E-state index is 13.6. The van der Waals surface area contributed by atoms with Crippen LogP contribution in [0.4, 0.5) is 4.39 Å². The van der Waals surface area contributed by atoms with Crippen LogP contribution in [-0.2, 0) is 0 Å². The third kappa shape index (κ3) is 3.46. The number of carboxylic acid groups (broad SMARTS) is 1. The van der Waals surface area contributed by atoms with Crippen molar-refractivity contribution in [2.24, 2.45) is 0 Å². The summed E-state index contributed by atoms with van der Waals surface area (Å²) < 4.78 is 14.3. The normalized spacial score (nSPS) is 10.5. The molecule has 1 aromatic heterocycles. The minimum absolute atomic E-state index is 0.0741. The second-order valence-electron chi connectivity index (χ2n) is 3.49. The molecule has 1 N–H and O–H groups in total. The van der Waals surface area contributed by atoms with E-state index in [-0.39, 0.29) is 15.6 Å². The predicted molar refractivity (Wildman–Crippen MR) is 74.4 cm³/mol. The molecule has 0 saturated heterocycles. The van der Waals surface area contributed by atoms with Crippen molar-refractivity contribution in [3.05, 3.63) is 51.3 Å². The van der Waals surface area contributed by atoms with E-state index in [1.54, 1.807) is 12.1 Å². The van der Waals surface area contributed by atoms with Crippen LogP contribution < -0.4 is 0 Å². The van der Waals surface area contributed by atoms with E-state index < -0.39 is 11.8 Å². The number of aromatic carboxylic acids is 1. The van der Waals surface area contributed by atoms with Crippen molar-refractivity contribution in [2.45, 2.75) is 9.92 Å². The molecule has 0 aliphatic rings. The van der Waals surface area contributed by atoms with Crippen LogP contribution >= 0.6 is 39.3 Å². The highest BCUT2D eigenvalue weighted by Gasteiger charge is 2.14. The van der Waals surface area contributed by atoms with Gasteiger partial charge in [-0.2, -0.15) is 0 Å². The molecule has 2 aromatic rings. The molecule has 7 heteroatoms. The van der Waals surface area contributed by atoms with E-state index in [2.05, 4.69) is 20.9 Å². The highest BCUT2D eigenvalue weighted by atomic mass is 79.9.